The van der Waals surface area contributed by atoms with Crippen LogP contribution in [-0.4, -0.2) is 21.7 Å². The molecule has 1 aromatic carbocycles. The number of aliphatic hydroxyl groups excluding tert-OH is 1. The van der Waals surface area contributed by atoms with E-state index in [1.165, 1.54) is 6.20 Å². The smallest absolute Gasteiger partial charge is 0.235 e. The molecule has 4 N–H and O–H groups in total. The van der Waals surface area contributed by atoms with Gasteiger partial charge in [-0.15, -0.1) is 0 Å². The Morgan fingerprint density at radius 2 is 2.12 bits per heavy atom. The molecule has 0 saturated heterocycles. The monoisotopic (exact) mass is 351 g/mol. The second-order valence-corrected chi connectivity index (χ2v) is 5.31. The summed E-state index contributed by atoms with van der Waals surface area (Å²) < 4.78 is 10.8. The molecule has 3 rings (SSSR count). The minimum absolute atomic E-state index is 0.194. The highest BCUT2D eigenvalue weighted by molar-refractivity contribution is 5.68. The summed E-state index contributed by atoms with van der Waals surface area (Å²) in [6.45, 7) is 1.99. The average molecular weight is 351 g/mol. The van der Waals surface area contributed by atoms with Crippen molar-refractivity contribution in [1.29, 1.82) is 5.26 Å². The van der Waals surface area contributed by atoms with Crippen LogP contribution in [0.4, 0.5) is 17.2 Å². The van der Waals surface area contributed by atoms with Crippen LogP contribution in [-0.2, 0) is 6.61 Å². The van der Waals surface area contributed by atoms with Gasteiger partial charge in [0.05, 0.1) is 18.5 Å². The number of benzene rings is 1. The summed E-state index contributed by atoms with van der Waals surface area (Å²) in [4.78, 5) is 8.40. The number of aromatic nitrogens is 2. The zero-order valence-electron chi connectivity index (χ0n) is 14.1. The Labute approximate surface area is 149 Å². The van der Waals surface area contributed by atoms with Crippen LogP contribution in [0.15, 0.2) is 40.9 Å². The predicted octanol–water partition coefficient (Wildman–Crippen LogP) is 2.83. The summed E-state index contributed by atoms with van der Waals surface area (Å²) in [7, 11) is 0. The van der Waals surface area contributed by atoms with Gasteiger partial charge in [-0.1, -0.05) is 0 Å². The molecule has 0 aliphatic carbocycles. The van der Waals surface area contributed by atoms with Crippen LogP contribution < -0.4 is 15.8 Å². The molecule has 0 fully saturated rings. The van der Waals surface area contributed by atoms with Gasteiger partial charge >= 0.3 is 0 Å². The number of oxazole rings is 1. The molecule has 0 aliphatic heterocycles. The van der Waals surface area contributed by atoms with Gasteiger partial charge in [0.25, 0.3) is 0 Å². The van der Waals surface area contributed by atoms with Gasteiger partial charge in [-0.25, -0.2) is 4.98 Å². The van der Waals surface area contributed by atoms with E-state index in [9.17, 15) is 0 Å². The molecule has 26 heavy (non-hydrogen) atoms. The van der Waals surface area contributed by atoms with Crippen LogP contribution in [0.3, 0.4) is 0 Å². The number of pyridine rings is 1. The molecule has 3 aromatic rings. The average Bonchev–Trinajstić information content (AvgIpc) is 3.12. The van der Waals surface area contributed by atoms with Crippen molar-refractivity contribution >= 4 is 17.2 Å². The second kappa shape index (κ2) is 7.55. The fraction of sp³-hybridized carbons (Fsp3) is 0.167. The number of nitrogens with two attached hydrogens (primary N) is 1. The Morgan fingerprint density at radius 1 is 1.35 bits per heavy atom. The molecule has 132 valence electrons. The van der Waals surface area contributed by atoms with E-state index in [-0.39, 0.29) is 18.1 Å². The largest absolute Gasteiger partial charge is 0.477 e. The maximum absolute atomic E-state index is 9.16. The van der Waals surface area contributed by atoms with Crippen LogP contribution in [0, 0.1) is 11.3 Å². The Balaban J connectivity index is 1.82. The highest BCUT2D eigenvalue weighted by Crippen LogP contribution is 2.28. The standard InChI is InChI=1S/C18H17N5O3/c1-2-25-18-14(8-19)15(20)7-16(23-18)22-12-5-3-11(4-6-12)17-21-9-13(10-24)26-17/h3-7,9,24H,2,10H2,1H3,(H3,20,22,23). The number of hydrogen-bond donors (Lipinski definition) is 3. The number of nitrogen functional groups attached to an aromatic ring is 1. The quantitative estimate of drug-likeness (QED) is 0.618. The topological polar surface area (TPSA) is 130 Å². The van der Waals surface area contributed by atoms with Crippen LogP contribution in [0.5, 0.6) is 5.88 Å². The third-order valence-electron chi connectivity index (χ3n) is 3.52. The number of ether oxygens (including phenoxy) is 1. The zero-order chi connectivity index (χ0) is 18.5. The Kier molecular flexibility index (Phi) is 5.01. The van der Waals surface area contributed by atoms with E-state index < -0.39 is 0 Å². The number of aliphatic hydroxyl groups is 1. The van der Waals surface area contributed by atoms with E-state index in [1.807, 2.05) is 37.3 Å². The molecular formula is C18H17N5O3. The zero-order valence-corrected chi connectivity index (χ0v) is 14.1. The van der Waals surface area contributed by atoms with Crippen molar-refractivity contribution in [3.8, 4) is 23.4 Å². The number of nitrogens with one attached hydrogen (secondary N) is 1. The van der Waals surface area contributed by atoms with Crippen molar-refractivity contribution in [3.05, 3.63) is 47.9 Å². The third-order valence-corrected chi connectivity index (χ3v) is 3.52. The Hall–Kier alpha value is -3.57. The van der Waals surface area contributed by atoms with E-state index in [0.29, 0.717) is 29.8 Å². The lowest BCUT2D eigenvalue weighted by Gasteiger charge is -2.11. The van der Waals surface area contributed by atoms with Crippen molar-refractivity contribution < 1.29 is 14.3 Å². The predicted molar refractivity (Wildman–Crippen MR) is 95.7 cm³/mol. The molecule has 0 unspecified atom stereocenters. The molecule has 2 aromatic heterocycles. The molecule has 8 heteroatoms. The summed E-state index contributed by atoms with van der Waals surface area (Å²) in [6, 6.07) is 10.9. The maximum atomic E-state index is 9.16. The first kappa shape index (κ1) is 17.3. The molecule has 0 radical (unpaired) electrons. The Morgan fingerprint density at radius 3 is 2.73 bits per heavy atom. The van der Waals surface area contributed by atoms with Gasteiger partial charge in [0, 0.05) is 17.3 Å². The number of nitrogens with zero attached hydrogens (tertiary/aromatic N) is 3. The third kappa shape index (κ3) is 3.58. The molecule has 8 nitrogen and oxygen atoms in total. The number of nitriles is 1. The molecule has 2 heterocycles. The first-order valence-electron chi connectivity index (χ1n) is 7.91. The van der Waals surface area contributed by atoms with Crippen molar-refractivity contribution in [2.24, 2.45) is 0 Å². The van der Waals surface area contributed by atoms with Crippen molar-refractivity contribution in [2.75, 3.05) is 17.7 Å². The minimum Gasteiger partial charge on any atom is -0.477 e. The van der Waals surface area contributed by atoms with Crippen LogP contribution in [0.2, 0.25) is 0 Å². The fourth-order valence-electron chi connectivity index (χ4n) is 2.32. The summed E-state index contributed by atoms with van der Waals surface area (Å²) in [5, 5.41) is 21.3. The number of rotatable bonds is 6. The lowest BCUT2D eigenvalue weighted by atomic mass is 10.2. The first-order chi connectivity index (χ1) is 12.6. The van der Waals surface area contributed by atoms with E-state index in [1.54, 1.807) is 6.07 Å². The van der Waals surface area contributed by atoms with Gasteiger partial charge in [-0.05, 0) is 31.2 Å². The van der Waals surface area contributed by atoms with Crippen LogP contribution >= 0.6 is 0 Å². The summed E-state index contributed by atoms with van der Waals surface area (Å²) in [5.41, 5.74) is 7.96. The number of anilines is 3. The molecule has 0 amide bonds. The van der Waals surface area contributed by atoms with Crippen molar-refractivity contribution in [2.45, 2.75) is 13.5 Å². The molecule has 0 atom stereocenters. The van der Waals surface area contributed by atoms with E-state index >= 15 is 0 Å². The second-order valence-electron chi connectivity index (χ2n) is 5.31. The molecular weight excluding hydrogens is 334 g/mol. The van der Waals surface area contributed by atoms with E-state index in [4.69, 9.17) is 25.3 Å². The fourth-order valence-corrected chi connectivity index (χ4v) is 2.32. The van der Waals surface area contributed by atoms with Gasteiger partial charge < -0.3 is 25.3 Å². The van der Waals surface area contributed by atoms with Gasteiger partial charge in [0.15, 0.2) is 0 Å². The number of hydrogen-bond acceptors (Lipinski definition) is 8. The summed E-state index contributed by atoms with van der Waals surface area (Å²) >= 11 is 0. The molecule has 0 bridgehead atoms. The molecule has 0 saturated carbocycles. The Bertz CT molecular complexity index is 944. The van der Waals surface area contributed by atoms with E-state index in [0.717, 1.165) is 11.3 Å². The van der Waals surface area contributed by atoms with Gasteiger partial charge in [0.1, 0.15) is 29.8 Å². The molecule has 0 aliphatic rings. The SMILES string of the molecule is CCOc1nc(Nc2ccc(-c3ncc(CO)o3)cc2)cc(N)c1C#N. The van der Waals surface area contributed by atoms with Crippen LogP contribution in [0.1, 0.15) is 18.2 Å². The van der Waals surface area contributed by atoms with Gasteiger partial charge in [-0.2, -0.15) is 10.2 Å². The highest BCUT2D eigenvalue weighted by Gasteiger charge is 2.12. The van der Waals surface area contributed by atoms with Crippen molar-refractivity contribution in [3.63, 3.8) is 0 Å². The lowest BCUT2D eigenvalue weighted by Crippen LogP contribution is -2.04. The lowest BCUT2D eigenvalue weighted by molar-refractivity contribution is 0.248. The normalized spacial score (nSPS) is 10.3. The maximum Gasteiger partial charge on any atom is 0.235 e. The molecule has 0 spiro atoms. The summed E-state index contributed by atoms with van der Waals surface area (Å²) in [6.07, 6.45) is 1.49. The van der Waals surface area contributed by atoms with Gasteiger partial charge in [-0.3, -0.25) is 0 Å². The minimum atomic E-state index is -0.194. The van der Waals surface area contributed by atoms with E-state index in [2.05, 4.69) is 15.3 Å². The highest BCUT2D eigenvalue weighted by atomic mass is 16.5. The van der Waals surface area contributed by atoms with Crippen molar-refractivity contribution in [1.82, 2.24) is 9.97 Å². The van der Waals surface area contributed by atoms with Crippen LogP contribution in [0.25, 0.3) is 11.5 Å². The first-order valence-corrected chi connectivity index (χ1v) is 7.91. The van der Waals surface area contributed by atoms with Gasteiger partial charge in [0.2, 0.25) is 11.8 Å². The summed E-state index contributed by atoms with van der Waals surface area (Å²) in [5.74, 6) is 1.50.